The summed E-state index contributed by atoms with van der Waals surface area (Å²) in [4.78, 5) is 28.8. The van der Waals surface area contributed by atoms with Crippen LogP contribution in [0.25, 0.3) is 0 Å². The molecule has 1 aliphatic rings. The van der Waals surface area contributed by atoms with Gasteiger partial charge < -0.3 is 6.15 Å². The molecule has 0 saturated carbocycles. The maximum Gasteiger partial charge on any atom is 0.413 e. The van der Waals surface area contributed by atoms with Crippen LogP contribution >= 0.6 is 0 Å². The molecule has 1 heterocycles. The fourth-order valence-electron chi connectivity index (χ4n) is 0.402. The van der Waals surface area contributed by atoms with Crippen LogP contribution in [0.2, 0.25) is 0 Å². The summed E-state index contributed by atoms with van der Waals surface area (Å²) < 4.78 is 0. The number of hydrogen-bond donors (Lipinski definition) is 1. The van der Waals surface area contributed by atoms with Crippen LogP contribution in [0, 0.1) is 0 Å². The lowest BCUT2D eigenvalue weighted by molar-refractivity contribution is -0.270. The molecule has 0 radical (unpaired) electrons. The molecule has 0 atom stereocenters. The molecule has 0 aromatic heterocycles. The topological polar surface area (TPSA) is 87.6 Å². The maximum atomic E-state index is 10.5. The van der Waals surface area contributed by atoms with E-state index in [4.69, 9.17) is 0 Å². The minimum absolute atomic E-state index is 0. The normalized spacial score (nSPS) is 17.8. The Morgan fingerprint density at radius 2 is 2.00 bits per heavy atom. The predicted molar refractivity (Wildman–Crippen MR) is 31.2 cm³/mol. The summed E-state index contributed by atoms with van der Waals surface area (Å²) in [6, 6.07) is 0. The average Bonchev–Trinajstić information content (AvgIpc) is 1.83. The van der Waals surface area contributed by atoms with E-state index in [1.807, 2.05) is 0 Å². The molecule has 5 heteroatoms. The fourth-order valence-corrected chi connectivity index (χ4v) is 0.402. The lowest BCUT2D eigenvalue weighted by Gasteiger charge is -2.08. The third-order valence-corrected chi connectivity index (χ3v) is 0.874. The fraction of sp³-hybridized carbons (Fsp3) is 0.200. The van der Waals surface area contributed by atoms with Gasteiger partial charge in [0.15, 0.2) is 0 Å². The van der Waals surface area contributed by atoms with E-state index in [0.29, 0.717) is 0 Å². The van der Waals surface area contributed by atoms with Crippen molar-refractivity contribution < 1.29 is 19.4 Å². The van der Waals surface area contributed by atoms with E-state index >= 15 is 0 Å². The van der Waals surface area contributed by atoms with Crippen LogP contribution in [0.15, 0.2) is 12.2 Å². The Bertz CT molecular complexity index is 168. The second-order valence-corrected chi connectivity index (χ2v) is 1.57. The Morgan fingerprint density at radius 3 is 2.40 bits per heavy atom. The van der Waals surface area contributed by atoms with Gasteiger partial charge in [0.25, 0.3) is 5.78 Å². The first-order valence-electron chi connectivity index (χ1n) is 2.27. The summed E-state index contributed by atoms with van der Waals surface area (Å²) in [6.07, 6.45) is 0. The molecular formula is C5H7NO4. The number of hydrogen-bond acceptors (Lipinski definition) is 5. The molecule has 1 aliphatic heterocycles. The highest BCUT2D eigenvalue weighted by Crippen LogP contribution is 2.03. The Hall–Kier alpha value is -1.20. The highest BCUT2D eigenvalue weighted by atomic mass is 17.2. The third kappa shape index (κ3) is 1.40. The molecule has 1 saturated heterocycles. The van der Waals surface area contributed by atoms with E-state index in [2.05, 4.69) is 16.4 Å². The van der Waals surface area contributed by atoms with Crippen molar-refractivity contribution in [3.05, 3.63) is 12.2 Å². The van der Waals surface area contributed by atoms with Crippen molar-refractivity contribution >= 4 is 11.8 Å². The van der Waals surface area contributed by atoms with Crippen molar-refractivity contribution in [1.29, 1.82) is 0 Å². The molecule has 5 nitrogen and oxygen atoms in total. The zero-order chi connectivity index (χ0) is 6.85. The molecule has 0 spiro atoms. The van der Waals surface area contributed by atoms with Crippen LogP contribution < -0.4 is 6.15 Å². The minimum atomic E-state index is -0.994. The predicted octanol–water partition coefficient (Wildman–Crippen LogP) is -0.238. The summed E-state index contributed by atoms with van der Waals surface area (Å²) in [5.74, 6) is -1.70. The monoisotopic (exact) mass is 145 g/mol. The molecule has 56 valence electrons. The molecule has 0 aliphatic carbocycles. The van der Waals surface area contributed by atoms with Crippen molar-refractivity contribution in [1.82, 2.24) is 6.15 Å². The van der Waals surface area contributed by atoms with Gasteiger partial charge in [-0.1, -0.05) is 6.58 Å². The van der Waals surface area contributed by atoms with Gasteiger partial charge in [-0.25, -0.2) is 4.79 Å². The van der Waals surface area contributed by atoms with E-state index in [0.717, 1.165) is 0 Å². The molecular weight excluding hydrogens is 138 g/mol. The van der Waals surface area contributed by atoms with Crippen molar-refractivity contribution in [2.24, 2.45) is 0 Å². The van der Waals surface area contributed by atoms with Gasteiger partial charge in [0, 0.05) is 5.57 Å². The average molecular weight is 145 g/mol. The molecule has 3 N–H and O–H groups in total. The van der Waals surface area contributed by atoms with Crippen LogP contribution in [-0.4, -0.2) is 18.4 Å². The Kier molecular flexibility index (Phi) is 2.72. The van der Waals surface area contributed by atoms with Gasteiger partial charge in [0.1, 0.15) is 6.61 Å². The van der Waals surface area contributed by atoms with E-state index in [-0.39, 0.29) is 18.3 Å². The quantitative estimate of drug-likeness (QED) is 0.289. The van der Waals surface area contributed by atoms with E-state index < -0.39 is 11.8 Å². The zero-order valence-electron chi connectivity index (χ0n) is 5.25. The highest BCUT2D eigenvalue weighted by molar-refractivity contribution is 6.40. The van der Waals surface area contributed by atoms with Gasteiger partial charge in [-0.3, -0.25) is 9.68 Å². The summed E-state index contributed by atoms with van der Waals surface area (Å²) in [5.41, 5.74) is 0.131. The Labute approximate surface area is 57.1 Å². The molecule has 0 aromatic rings. The van der Waals surface area contributed by atoms with E-state index in [9.17, 15) is 9.59 Å². The van der Waals surface area contributed by atoms with Crippen LogP contribution in [0.5, 0.6) is 0 Å². The lowest BCUT2D eigenvalue weighted by atomic mass is 10.2. The second-order valence-electron chi connectivity index (χ2n) is 1.57. The Morgan fingerprint density at radius 1 is 1.40 bits per heavy atom. The SMILES string of the molecule is C=C1COOC(=O)C1=O.N. The first-order chi connectivity index (χ1) is 4.22. The largest absolute Gasteiger partial charge is 0.413 e. The molecule has 10 heavy (non-hydrogen) atoms. The molecule has 0 bridgehead atoms. The number of ketones is 1. The molecule has 1 fully saturated rings. The number of rotatable bonds is 0. The Balaban J connectivity index is 0.000000810. The maximum absolute atomic E-state index is 10.5. The van der Waals surface area contributed by atoms with Gasteiger partial charge in [0.2, 0.25) is 0 Å². The van der Waals surface area contributed by atoms with Gasteiger partial charge in [-0.15, -0.1) is 0 Å². The van der Waals surface area contributed by atoms with Crippen molar-refractivity contribution in [2.45, 2.75) is 0 Å². The van der Waals surface area contributed by atoms with Crippen LogP contribution in [-0.2, 0) is 19.4 Å². The van der Waals surface area contributed by atoms with Gasteiger partial charge >= 0.3 is 5.97 Å². The van der Waals surface area contributed by atoms with Crippen LogP contribution in [0.1, 0.15) is 0 Å². The molecule has 1 rings (SSSR count). The summed E-state index contributed by atoms with van der Waals surface area (Å²) in [7, 11) is 0. The van der Waals surface area contributed by atoms with Crippen molar-refractivity contribution in [3.63, 3.8) is 0 Å². The molecule has 0 aromatic carbocycles. The first kappa shape index (κ1) is 8.80. The van der Waals surface area contributed by atoms with Gasteiger partial charge in [-0.2, -0.15) is 4.89 Å². The summed E-state index contributed by atoms with van der Waals surface area (Å²) in [5, 5.41) is 0. The summed E-state index contributed by atoms with van der Waals surface area (Å²) >= 11 is 0. The highest BCUT2D eigenvalue weighted by Gasteiger charge is 2.25. The zero-order valence-corrected chi connectivity index (χ0v) is 5.25. The third-order valence-electron chi connectivity index (χ3n) is 0.874. The summed E-state index contributed by atoms with van der Waals surface area (Å²) in [6.45, 7) is 3.25. The van der Waals surface area contributed by atoms with Crippen molar-refractivity contribution in [3.8, 4) is 0 Å². The number of carbonyl (C=O) groups is 2. The first-order valence-corrected chi connectivity index (χ1v) is 2.27. The number of Topliss-reactive ketones (excluding diaryl/α,β-unsaturated/α-hetero) is 1. The standard InChI is InChI=1S/C5H4O4.H3N/c1-3-2-8-9-5(7)4(3)6;/h1-2H2;1H3. The minimum Gasteiger partial charge on any atom is -0.344 e. The molecule has 0 unspecified atom stereocenters. The van der Waals surface area contributed by atoms with Gasteiger partial charge in [0.05, 0.1) is 0 Å². The van der Waals surface area contributed by atoms with E-state index in [1.165, 1.54) is 0 Å². The number of carbonyl (C=O) groups excluding carboxylic acids is 2. The smallest absolute Gasteiger partial charge is 0.344 e. The molecule has 0 amide bonds. The van der Waals surface area contributed by atoms with Crippen LogP contribution in [0.4, 0.5) is 0 Å². The van der Waals surface area contributed by atoms with Crippen molar-refractivity contribution in [2.75, 3.05) is 6.61 Å². The lowest BCUT2D eigenvalue weighted by Crippen LogP contribution is -2.27. The second kappa shape index (κ2) is 3.09. The van der Waals surface area contributed by atoms with Crippen LogP contribution in [0.3, 0.4) is 0 Å². The van der Waals surface area contributed by atoms with E-state index in [1.54, 1.807) is 0 Å². The van der Waals surface area contributed by atoms with Gasteiger partial charge in [-0.05, 0) is 0 Å².